The lowest BCUT2D eigenvalue weighted by Gasteiger charge is -2.14. The Morgan fingerprint density at radius 2 is 2.29 bits per heavy atom. The molecule has 4 heteroatoms. The molecule has 0 saturated carbocycles. The van der Waals surface area contributed by atoms with Gasteiger partial charge in [0.2, 0.25) is 0 Å². The third-order valence-electron chi connectivity index (χ3n) is 2.72. The van der Waals surface area contributed by atoms with Crippen LogP contribution in [0.2, 0.25) is 0 Å². The topological polar surface area (TPSA) is 50.1 Å². The highest BCUT2D eigenvalue weighted by molar-refractivity contribution is 5.41. The van der Waals surface area contributed by atoms with Crippen molar-refractivity contribution in [2.75, 3.05) is 5.32 Å². The minimum atomic E-state index is 0.0768. The van der Waals surface area contributed by atoms with Gasteiger partial charge >= 0.3 is 0 Å². The number of hydrogen-bond donors (Lipinski definition) is 2. The summed E-state index contributed by atoms with van der Waals surface area (Å²) in [5.41, 5.74) is 3.08. The van der Waals surface area contributed by atoms with Crippen molar-refractivity contribution < 1.29 is 5.11 Å². The number of nitrogens with zero attached hydrogens (tertiary/aromatic N) is 2. The van der Waals surface area contributed by atoms with Gasteiger partial charge in [-0.1, -0.05) is 24.3 Å². The van der Waals surface area contributed by atoms with E-state index in [1.807, 2.05) is 37.5 Å². The van der Waals surface area contributed by atoms with Gasteiger partial charge in [-0.15, -0.1) is 0 Å². The predicted molar refractivity (Wildman–Crippen MR) is 67.6 cm³/mol. The van der Waals surface area contributed by atoms with Crippen molar-refractivity contribution in [2.24, 2.45) is 7.05 Å². The summed E-state index contributed by atoms with van der Waals surface area (Å²) in [5, 5.41) is 16.6. The smallest absolute Gasteiger partial charge is 0.0731 e. The maximum Gasteiger partial charge on any atom is 0.0731 e. The molecule has 2 N–H and O–H groups in total. The summed E-state index contributed by atoms with van der Waals surface area (Å²) in [7, 11) is 1.89. The van der Waals surface area contributed by atoms with E-state index in [0.717, 1.165) is 16.8 Å². The fourth-order valence-corrected chi connectivity index (χ4v) is 1.79. The molecule has 0 aliphatic rings. The molecule has 0 aliphatic heterocycles. The first-order chi connectivity index (χ1) is 8.19. The van der Waals surface area contributed by atoms with Crippen LogP contribution in [-0.4, -0.2) is 14.9 Å². The summed E-state index contributed by atoms with van der Waals surface area (Å²) in [4.78, 5) is 0. The standard InChI is InChI=1S/C13H17N3O/c1-10(15-13-7-14-16(2)8-13)12-5-3-4-11(6-12)9-17/h3-8,10,15,17H,9H2,1-2H3/t10-/m0/s1. The van der Waals surface area contributed by atoms with Crippen LogP contribution < -0.4 is 5.32 Å². The Morgan fingerprint density at radius 1 is 1.47 bits per heavy atom. The average Bonchev–Trinajstić information content (AvgIpc) is 2.75. The summed E-state index contributed by atoms with van der Waals surface area (Å²) in [6, 6.07) is 8.12. The van der Waals surface area contributed by atoms with Gasteiger partial charge in [-0.3, -0.25) is 4.68 Å². The van der Waals surface area contributed by atoms with Crippen molar-refractivity contribution >= 4 is 5.69 Å². The molecule has 0 bridgehead atoms. The van der Waals surface area contributed by atoms with Gasteiger partial charge in [-0.25, -0.2) is 0 Å². The van der Waals surface area contributed by atoms with E-state index in [1.54, 1.807) is 10.9 Å². The van der Waals surface area contributed by atoms with Gasteiger partial charge in [-0.05, 0) is 18.1 Å². The second-order valence-electron chi connectivity index (χ2n) is 4.17. The maximum atomic E-state index is 9.10. The van der Waals surface area contributed by atoms with Crippen LogP contribution in [0.1, 0.15) is 24.1 Å². The number of nitrogens with one attached hydrogen (secondary N) is 1. The lowest BCUT2D eigenvalue weighted by Crippen LogP contribution is -2.06. The van der Waals surface area contributed by atoms with Crippen LogP contribution in [0.5, 0.6) is 0 Å². The molecular weight excluding hydrogens is 214 g/mol. The van der Waals surface area contributed by atoms with Gasteiger partial charge in [0.1, 0.15) is 0 Å². The van der Waals surface area contributed by atoms with Crippen molar-refractivity contribution in [2.45, 2.75) is 19.6 Å². The van der Waals surface area contributed by atoms with Crippen LogP contribution >= 0.6 is 0 Å². The lowest BCUT2D eigenvalue weighted by atomic mass is 10.1. The molecule has 0 spiro atoms. The fourth-order valence-electron chi connectivity index (χ4n) is 1.79. The van der Waals surface area contributed by atoms with Gasteiger partial charge < -0.3 is 10.4 Å². The van der Waals surface area contributed by atoms with Crippen molar-refractivity contribution in [3.8, 4) is 0 Å². The predicted octanol–water partition coefficient (Wildman–Crippen LogP) is 2.09. The van der Waals surface area contributed by atoms with Crippen LogP contribution in [0.25, 0.3) is 0 Å². The monoisotopic (exact) mass is 231 g/mol. The van der Waals surface area contributed by atoms with E-state index < -0.39 is 0 Å². The largest absolute Gasteiger partial charge is 0.392 e. The van der Waals surface area contributed by atoms with E-state index in [4.69, 9.17) is 5.11 Å². The first-order valence-electron chi connectivity index (χ1n) is 5.64. The van der Waals surface area contributed by atoms with Gasteiger partial charge in [-0.2, -0.15) is 5.10 Å². The van der Waals surface area contributed by atoms with Crippen molar-refractivity contribution in [1.29, 1.82) is 0 Å². The van der Waals surface area contributed by atoms with Gasteiger partial charge in [0.15, 0.2) is 0 Å². The number of anilines is 1. The zero-order chi connectivity index (χ0) is 12.3. The third-order valence-corrected chi connectivity index (χ3v) is 2.72. The minimum Gasteiger partial charge on any atom is -0.392 e. The molecule has 0 saturated heterocycles. The Labute approximate surface area is 101 Å². The second kappa shape index (κ2) is 5.01. The van der Waals surface area contributed by atoms with E-state index in [-0.39, 0.29) is 12.6 Å². The molecule has 2 aromatic rings. The van der Waals surface area contributed by atoms with Crippen molar-refractivity contribution in [3.63, 3.8) is 0 Å². The van der Waals surface area contributed by atoms with E-state index >= 15 is 0 Å². The molecule has 1 atom stereocenters. The van der Waals surface area contributed by atoms with E-state index in [2.05, 4.69) is 17.3 Å². The van der Waals surface area contributed by atoms with Crippen LogP contribution in [0.15, 0.2) is 36.7 Å². The number of aliphatic hydroxyl groups is 1. The lowest BCUT2D eigenvalue weighted by molar-refractivity contribution is 0.281. The molecule has 17 heavy (non-hydrogen) atoms. The first kappa shape index (κ1) is 11.7. The molecule has 1 aromatic carbocycles. The number of rotatable bonds is 4. The normalized spacial score (nSPS) is 12.4. The fraction of sp³-hybridized carbons (Fsp3) is 0.308. The van der Waals surface area contributed by atoms with Crippen LogP contribution in [-0.2, 0) is 13.7 Å². The number of benzene rings is 1. The highest BCUT2D eigenvalue weighted by Crippen LogP contribution is 2.19. The Hall–Kier alpha value is -1.81. The number of aromatic nitrogens is 2. The van der Waals surface area contributed by atoms with Crippen molar-refractivity contribution in [1.82, 2.24) is 9.78 Å². The maximum absolute atomic E-state index is 9.10. The summed E-state index contributed by atoms with van der Waals surface area (Å²) < 4.78 is 1.76. The Bertz CT molecular complexity index is 493. The summed E-state index contributed by atoms with van der Waals surface area (Å²) in [6.07, 6.45) is 3.73. The Balaban J connectivity index is 2.11. The van der Waals surface area contributed by atoms with E-state index in [0.29, 0.717) is 0 Å². The van der Waals surface area contributed by atoms with Gasteiger partial charge in [0.05, 0.1) is 18.5 Å². The van der Waals surface area contributed by atoms with E-state index in [9.17, 15) is 0 Å². The number of aryl methyl sites for hydroxylation is 1. The highest BCUT2D eigenvalue weighted by atomic mass is 16.3. The molecule has 0 radical (unpaired) electrons. The average molecular weight is 231 g/mol. The molecule has 0 aliphatic carbocycles. The molecule has 0 amide bonds. The van der Waals surface area contributed by atoms with Gasteiger partial charge in [0.25, 0.3) is 0 Å². The molecule has 1 heterocycles. The van der Waals surface area contributed by atoms with Crippen LogP contribution in [0.3, 0.4) is 0 Å². The molecule has 0 unspecified atom stereocenters. The van der Waals surface area contributed by atoms with E-state index in [1.165, 1.54) is 0 Å². The first-order valence-corrected chi connectivity index (χ1v) is 5.64. The SMILES string of the molecule is C[C@H](Nc1cnn(C)c1)c1cccc(CO)c1. The molecule has 2 rings (SSSR count). The van der Waals surface area contributed by atoms with Crippen LogP contribution in [0, 0.1) is 0 Å². The summed E-state index contributed by atoms with van der Waals surface area (Å²) in [6.45, 7) is 2.16. The minimum absolute atomic E-state index is 0.0768. The quantitative estimate of drug-likeness (QED) is 0.847. The molecule has 90 valence electrons. The molecule has 1 aromatic heterocycles. The number of aliphatic hydroxyl groups excluding tert-OH is 1. The van der Waals surface area contributed by atoms with Crippen LogP contribution in [0.4, 0.5) is 5.69 Å². The summed E-state index contributed by atoms with van der Waals surface area (Å²) >= 11 is 0. The third kappa shape index (κ3) is 2.85. The molecule has 0 fully saturated rings. The molecule has 4 nitrogen and oxygen atoms in total. The zero-order valence-corrected chi connectivity index (χ0v) is 10.1. The Morgan fingerprint density at radius 3 is 2.94 bits per heavy atom. The zero-order valence-electron chi connectivity index (χ0n) is 10.1. The van der Waals surface area contributed by atoms with Crippen molar-refractivity contribution in [3.05, 3.63) is 47.8 Å². The Kier molecular flexibility index (Phi) is 3.44. The highest BCUT2D eigenvalue weighted by Gasteiger charge is 2.06. The summed E-state index contributed by atoms with van der Waals surface area (Å²) in [5.74, 6) is 0. The molecular formula is C13H17N3O. The van der Waals surface area contributed by atoms with Gasteiger partial charge in [0, 0.05) is 19.3 Å². The second-order valence-corrected chi connectivity index (χ2v) is 4.17. The number of hydrogen-bond acceptors (Lipinski definition) is 3.